The van der Waals surface area contributed by atoms with E-state index < -0.39 is 0 Å². The molecule has 1 heterocycles. The monoisotopic (exact) mass is 395 g/mol. The van der Waals surface area contributed by atoms with Gasteiger partial charge in [-0.1, -0.05) is 38.1 Å². The maximum Gasteiger partial charge on any atom is 0.325 e. The molecule has 0 atom stereocenters. The molecular formula is C23H29N3O3. The molecule has 3 amide bonds. The zero-order chi connectivity index (χ0) is 20.8. The Balaban J connectivity index is 1.47. The average molecular weight is 396 g/mol. The Morgan fingerprint density at radius 1 is 1.14 bits per heavy atom. The van der Waals surface area contributed by atoms with Gasteiger partial charge in [0.2, 0.25) is 5.91 Å². The first kappa shape index (κ1) is 20.7. The van der Waals surface area contributed by atoms with E-state index >= 15 is 0 Å². The average Bonchev–Trinajstić information content (AvgIpc) is 3.08. The number of urea groups is 1. The summed E-state index contributed by atoms with van der Waals surface area (Å²) in [5.74, 6) is 1.12. The maximum atomic E-state index is 12.7. The van der Waals surface area contributed by atoms with Crippen LogP contribution in [0.15, 0.2) is 48.5 Å². The first-order chi connectivity index (χ1) is 14.0. The van der Waals surface area contributed by atoms with Gasteiger partial charge < -0.3 is 15.0 Å². The molecule has 0 unspecified atom stereocenters. The van der Waals surface area contributed by atoms with Crippen molar-refractivity contribution in [2.24, 2.45) is 0 Å². The second-order valence-electron chi connectivity index (χ2n) is 7.55. The Morgan fingerprint density at radius 3 is 2.59 bits per heavy atom. The number of hydrogen-bond acceptors (Lipinski definition) is 3. The molecule has 1 aliphatic heterocycles. The van der Waals surface area contributed by atoms with E-state index in [9.17, 15) is 9.59 Å². The Bertz CT molecular complexity index is 849. The van der Waals surface area contributed by atoms with Gasteiger partial charge >= 0.3 is 6.03 Å². The third kappa shape index (κ3) is 5.28. The van der Waals surface area contributed by atoms with Gasteiger partial charge in [0.25, 0.3) is 0 Å². The second-order valence-corrected chi connectivity index (χ2v) is 7.55. The number of hydrogen-bond donors (Lipinski definition) is 1. The van der Waals surface area contributed by atoms with E-state index in [1.165, 1.54) is 5.56 Å². The van der Waals surface area contributed by atoms with Crippen molar-refractivity contribution in [3.8, 4) is 5.75 Å². The molecule has 0 radical (unpaired) electrons. The lowest BCUT2D eigenvalue weighted by molar-refractivity contribution is -0.121. The number of amides is 3. The minimum absolute atomic E-state index is 0.0809. The van der Waals surface area contributed by atoms with E-state index in [1.807, 2.05) is 36.4 Å². The quantitative estimate of drug-likeness (QED) is 0.745. The van der Waals surface area contributed by atoms with Gasteiger partial charge in [-0.25, -0.2) is 4.79 Å². The van der Waals surface area contributed by atoms with E-state index in [0.717, 1.165) is 17.0 Å². The molecule has 154 valence electrons. The molecule has 1 saturated heterocycles. The SMILES string of the molecule is COc1cccc(CCNC(=O)CN2CCN(c3ccc(C(C)C)cc3)C2=O)c1. The summed E-state index contributed by atoms with van der Waals surface area (Å²) in [5.41, 5.74) is 3.21. The molecule has 0 aliphatic carbocycles. The molecular weight excluding hydrogens is 366 g/mol. The topological polar surface area (TPSA) is 61.9 Å². The van der Waals surface area contributed by atoms with E-state index in [2.05, 4.69) is 31.3 Å². The minimum atomic E-state index is -0.141. The highest BCUT2D eigenvalue weighted by atomic mass is 16.5. The molecule has 1 aliphatic rings. The van der Waals surface area contributed by atoms with Crippen molar-refractivity contribution >= 4 is 17.6 Å². The molecule has 29 heavy (non-hydrogen) atoms. The zero-order valence-electron chi connectivity index (χ0n) is 17.4. The number of nitrogens with zero attached hydrogens (tertiary/aromatic N) is 2. The van der Waals surface area contributed by atoms with Gasteiger partial charge in [-0.2, -0.15) is 0 Å². The highest BCUT2D eigenvalue weighted by molar-refractivity contribution is 5.96. The number of methoxy groups -OCH3 is 1. The Hall–Kier alpha value is -3.02. The summed E-state index contributed by atoms with van der Waals surface area (Å²) in [7, 11) is 1.63. The van der Waals surface area contributed by atoms with Gasteiger partial charge in [0, 0.05) is 25.3 Å². The van der Waals surface area contributed by atoms with Crippen molar-refractivity contribution in [1.29, 1.82) is 0 Å². The first-order valence-electron chi connectivity index (χ1n) is 10.0. The zero-order valence-corrected chi connectivity index (χ0v) is 17.4. The van der Waals surface area contributed by atoms with Crippen molar-refractivity contribution in [3.63, 3.8) is 0 Å². The number of anilines is 1. The number of carbonyl (C=O) groups excluding carboxylic acids is 2. The van der Waals surface area contributed by atoms with Crippen molar-refractivity contribution in [3.05, 3.63) is 59.7 Å². The number of ether oxygens (including phenoxy) is 1. The van der Waals surface area contributed by atoms with Crippen LogP contribution in [0, 0.1) is 0 Å². The summed E-state index contributed by atoms with van der Waals surface area (Å²) in [6.07, 6.45) is 0.714. The van der Waals surface area contributed by atoms with Gasteiger partial charge in [-0.15, -0.1) is 0 Å². The van der Waals surface area contributed by atoms with Crippen LogP contribution < -0.4 is 15.0 Å². The summed E-state index contributed by atoms with van der Waals surface area (Å²) in [6.45, 7) is 6.03. The predicted octanol–water partition coefficient (Wildman–Crippen LogP) is 3.42. The molecule has 2 aromatic rings. The standard InChI is InChI=1S/C23H29N3O3/c1-17(2)19-7-9-20(10-8-19)26-14-13-25(23(26)28)16-22(27)24-12-11-18-5-4-6-21(15-18)29-3/h4-10,15,17H,11-14,16H2,1-3H3,(H,24,27). The molecule has 3 rings (SSSR count). The predicted molar refractivity (Wildman–Crippen MR) is 115 cm³/mol. The molecule has 0 saturated carbocycles. The number of benzene rings is 2. The van der Waals surface area contributed by atoms with Crippen LogP contribution in [-0.4, -0.2) is 50.1 Å². The smallest absolute Gasteiger partial charge is 0.325 e. The number of carbonyl (C=O) groups is 2. The molecule has 6 nitrogen and oxygen atoms in total. The van der Waals surface area contributed by atoms with Gasteiger partial charge in [-0.3, -0.25) is 9.69 Å². The second kappa shape index (κ2) is 9.45. The summed E-state index contributed by atoms with van der Waals surface area (Å²) in [4.78, 5) is 28.3. The van der Waals surface area contributed by atoms with Crippen molar-refractivity contribution in [1.82, 2.24) is 10.2 Å². The minimum Gasteiger partial charge on any atom is -0.497 e. The van der Waals surface area contributed by atoms with Crippen molar-refractivity contribution in [2.45, 2.75) is 26.2 Å². The fourth-order valence-corrected chi connectivity index (χ4v) is 3.41. The van der Waals surface area contributed by atoms with Crippen LogP contribution in [-0.2, 0) is 11.2 Å². The third-order valence-electron chi connectivity index (χ3n) is 5.17. The number of nitrogens with one attached hydrogen (secondary N) is 1. The van der Waals surface area contributed by atoms with Gasteiger partial charge in [0.1, 0.15) is 12.3 Å². The van der Waals surface area contributed by atoms with Gasteiger partial charge in [0.15, 0.2) is 0 Å². The number of rotatable bonds is 8. The van der Waals surface area contributed by atoms with E-state index in [-0.39, 0.29) is 18.5 Å². The third-order valence-corrected chi connectivity index (χ3v) is 5.17. The molecule has 0 bridgehead atoms. The lowest BCUT2D eigenvalue weighted by Crippen LogP contribution is -2.40. The van der Waals surface area contributed by atoms with Gasteiger partial charge in [0.05, 0.1) is 7.11 Å². The molecule has 1 fully saturated rings. The summed E-state index contributed by atoms with van der Waals surface area (Å²) >= 11 is 0. The van der Waals surface area contributed by atoms with Crippen LogP contribution in [0.4, 0.5) is 10.5 Å². The molecule has 0 spiro atoms. The fraction of sp³-hybridized carbons (Fsp3) is 0.391. The van der Waals surface area contributed by atoms with E-state index in [4.69, 9.17) is 4.74 Å². The lowest BCUT2D eigenvalue weighted by atomic mass is 10.0. The van der Waals surface area contributed by atoms with Crippen molar-refractivity contribution < 1.29 is 14.3 Å². The highest BCUT2D eigenvalue weighted by Crippen LogP contribution is 2.23. The molecule has 6 heteroatoms. The maximum absolute atomic E-state index is 12.7. The van der Waals surface area contributed by atoms with Crippen LogP contribution in [0.25, 0.3) is 0 Å². The Morgan fingerprint density at radius 2 is 1.90 bits per heavy atom. The highest BCUT2D eigenvalue weighted by Gasteiger charge is 2.30. The van der Waals surface area contributed by atoms with Crippen LogP contribution in [0.5, 0.6) is 5.75 Å². The van der Waals surface area contributed by atoms with Crippen LogP contribution in [0.1, 0.15) is 30.9 Å². The normalized spacial score (nSPS) is 13.9. The Kier molecular flexibility index (Phi) is 6.75. The summed E-state index contributed by atoms with van der Waals surface area (Å²) < 4.78 is 5.21. The van der Waals surface area contributed by atoms with Gasteiger partial charge in [-0.05, 0) is 47.7 Å². The first-order valence-corrected chi connectivity index (χ1v) is 10.0. The fourth-order valence-electron chi connectivity index (χ4n) is 3.41. The summed E-state index contributed by atoms with van der Waals surface area (Å²) in [5, 5.41) is 2.90. The largest absolute Gasteiger partial charge is 0.497 e. The van der Waals surface area contributed by atoms with Crippen molar-refractivity contribution in [2.75, 3.05) is 38.2 Å². The summed E-state index contributed by atoms with van der Waals surface area (Å²) in [6, 6.07) is 15.7. The van der Waals surface area contributed by atoms with E-state index in [0.29, 0.717) is 32.0 Å². The van der Waals surface area contributed by atoms with Crippen LogP contribution in [0.2, 0.25) is 0 Å². The Labute approximate surface area is 172 Å². The van der Waals surface area contributed by atoms with Crippen LogP contribution >= 0.6 is 0 Å². The molecule has 2 aromatic carbocycles. The van der Waals surface area contributed by atoms with E-state index in [1.54, 1.807) is 16.9 Å². The molecule has 0 aromatic heterocycles. The molecule has 1 N–H and O–H groups in total. The lowest BCUT2D eigenvalue weighted by Gasteiger charge is -2.19. The van der Waals surface area contributed by atoms with Crippen LogP contribution in [0.3, 0.4) is 0 Å².